The van der Waals surface area contributed by atoms with Gasteiger partial charge in [0.1, 0.15) is 4.47 Å². The molecule has 0 saturated heterocycles. The van der Waals surface area contributed by atoms with E-state index in [2.05, 4.69) is 15.9 Å². The summed E-state index contributed by atoms with van der Waals surface area (Å²) >= 11 is 3.22. The van der Waals surface area contributed by atoms with Crippen LogP contribution in [0.2, 0.25) is 0 Å². The van der Waals surface area contributed by atoms with Gasteiger partial charge in [-0.3, -0.25) is 14.9 Å². The Morgan fingerprint density at radius 3 is 2.48 bits per heavy atom. The fourth-order valence-corrected chi connectivity index (χ4v) is 3.09. The van der Waals surface area contributed by atoms with Crippen molar-refractivity contribution < 1.29 is 9.72 Å². The van der Waals surface area contributed by atoms with Crippen LogP contribution in [0.1, 0.15) is 28.8 Å². The van der Waals surface area contributed by atoms with E-state index in [1.165, 1.54) is 6.07 Å². The van der Waals surface area contributed by atoms with Gasteiger partial charge >= 0.3 is 0 Å². The molecule has 1 fully saturated rings. The Labute approximate surface area is 142 Å². The molecule has 0 heterocycles. The van der Waals surface area contributed by atoms with Crippen molar-refractivity contribution in [3.05, 3.63) is 74.2 Å². The Morgan fingerprint density at radius 1 is 1.17 bits per heavy atom. The van der Waals surface area contributed by atoms with Crippen LogP contribution in [0.4, 0.5) is 5.69 Å². The van der Waals surface area contributed by atoms with E-state index < -0.39 is 4.92 Å². The van der Waals surface area contributed by atoms with Gasteiger partial charge in [-0.05, 0) is 40.4 Å². The number of benzene rings is 2. The van der Waals surface area contributed by atoms with Crippen molar-refractivity contribution in [1.82, 2.24) is 4.90 Å². The third-order valence-corrected chi connectivity index (χ3v) is 4.68. The van der Waals surface area contributed by atoms with E-state index in [-0.39, 0.29) is 22.1 Å². The molecule has 1 aliphatic rings. The van der Waals surface area contributed by atoms with Crippen molar-refractivity contribution >= 4 is 27.5 Å². The highest BCUT2D eigenvalue weighted by Crippen LogP contribution is 2.34. The number of halogens is 1. The molecule has 0 N–H and O–H groups in total. The monoisotopic (exact) mass is 374 g/mol. The molecule has 118 valence electrons. The SMILES string of the molecule is O=C(c1cccc([N+](=O)[O-])c1Br)N(Cc1ccccc1)C1CC1. The van der Waals surface area contributed by atoms with Crippen LogP contribution in [-0.4, -0.2) is 21.8 Å². The molecule has 1 amide bonds. The first-order valence-electron chi connectivity index (χ1n) is 7.35. The Hall–Kier alpha value is -2.21. The maximum atomic E-state index is 12.9. The van der Waals surface area contributed by atoms with Crippen molar-refractivity contribution in [2.24, 2.45) is 0 Å². The molecule has 0 bridgehead atoms. The molecule has 0 atom stereocenters. The Bertz CT molecular complexity index is 745. The van der Waals surface area contributed by atoms with Gasteiger partial charge in [0, 0.05) is 18.7 Å². The number of rotatable bonds is 5. The molecule has 0 radical (unpaired) electrons. The number of hydrogen-bond acceptors (Lipinski definition) is 3. The quantitative estimate of drug-likeness (QED) is 0.582. The third kappa shape index (κ3) is 3.42. The van der Waals surface area contributed by atoms with Crippen molar-refractivity contribution in [2.45, 2.75) is 25.4 Å². The maximum Gasteiger partial charge on any atom is 0.284 e. The fourth-order valence-electron chi connectivity index (χ4n) is 2.51. The standard InChI is InChI=1S/C17H15BrN2O3/c18-16-14(7-4-8-15(16)20(22)23)17(21)19(13-9-10-13)11-12-5-2-1-3-6-12/h1-8,13H,9-11H2. The van der Waals surface area contributed by atoms with Crippen molar-refractivity contribution in [3.8, 4) is 0 Å². The smallest absolute Gasteiger partial charge is 0.284 e. The maximum absolute atomic E-state index is 12.9. The molecule has 0 aliphatic heterocycles. The summed E-state index contributed by atoms with van der Waals surface area (Å²) in [6.07, 6.45) is 1.95. The van der Waals surface area contributed by atoms with Gasteiger partial charge in [-0.15, -0.1) is 0 Å². The zero-order chi connectivity index (χ0) is 16.4. The summed E-state index contributed by atoms with van der Waals surface area (Å²) in [7, 11) is 0. The van der Waals surface area contributed by atoms with Gasteiger partial charge in [0.05, 0.1) is 10.5 Å². The molecular formula is C17H15BrN2O3. The second kappa shape index (κ2) is 6.50. The van der Waals surface area contributed by atoms with Crippen LogP contribution in [0.15, 0.2) is 53.0 Å². The van der Waals surface area contributed by atoms with E-state index in [4.69, 9.17) is 0 Å². The molecule has 0 aromatic heterocycles. The lowest BCUT2D eigenvalue weighted by molar-refractivity contribution is -0.385. The average molecular weight is 375 g/mol. The Morgan fingerprint density at radius 2 is 1.87 bits per heavy atom. The summed E-state index contributed by atoms with van der Waals surface area (Å²) in [6.45, 7) is 0.513. The molecule has 6 heteroatoms. The van der Waals surface area contributed by atoms with Gasteiger partial charge in [-0.25, -0.2) is 0 Å². The highest BCUT2D eigenvalue weighted by atomic mass is 79.9. The summed E-state index contributed by atoms with van der Waals surface area (Å²) in [5, 5.41) is 11.1. The number of carbonyl (C=O) groups excluding carboxylic acids is 1. The molecule has 3 rings (SSSR count). The minimum Gasteiger partial charge on any atom is -0.331 e. The van der Waals surface area contributed by atoms with Crippen LogP contribution in [-0.2, 0) is 6.54 Å². The van der Waals surface area contributed by atoms with E-state index >= 15 is 0 Å². The van der Waals surface area contributed by atoms with Gasteiger partial charge in [0.15, 0.2) is 0 Å². The van der Waals surface area contributed by atoms with Crippen LogP contribution in [0.25, 0.3) is 0 Å². The summed E-state index contributed by atoms with van der Waals surface area (Å²) < 4.78 is 0.244. The minimum absolute atomic E-state index is 0.0914. The highest BCUT2D eigenvalue weighted by molar-refractivity contribution is 9.10. The molecular weight excluding hydrogens is 360 g/mol. The second-order valence-electron chi connectivity index (χ2n) is 5.55. The van der Waals surface area contributed by atoms with Gasteiger partial charge in [0.25, 0.3) is 11.6 Å². The number of amides is 1. The second-order valence-corrected chi connectivity index (χ2v) is 6.34. The lowest BCUT2D eigenvalue weighted by Gasteiger charge is -2.23. The van der Waals surface area contributed by atoms with Crippen LogP contribution in [0.3, 0.4) is 0 Å². The third-order valence-electron chi connectivity index (χ3n) is 3.85. The van der Waals surface area contributed by atoms with Crippen molar-refractivity contribution in [1.29, 1.82) is 0 Å². The van der Waals surface area contributed by atoms with Gasteiger partial charge < -0.3 is 4.90 Å². The summed E-state index contributed by atoms with van der Waals surface area (Å²) in [5.41, 5.74) is 1.29. The zero-order valence-electron chi connectivity index (χ0n) is 12.3. The van der Waals surface area contributed by atoms with Crippen LogP contribution < -0.4 is 0 Å². The highest BCUT2D eigenvalue weighted by Gasteiger charge is 2.34. The minimum atomic E-state index is -0.487. The first-order chi connectivity index (χ1) is 11.1. The first kappa shape index (κ1) is 15.7. The van der Waals surface area contributed by atoms with Crippen molar-refractivity contribution in [3.63, 3.8) is 0 Å². The largest absolute Gasteiger partial charge is 0.331 e. The number of nitro benzene ring substituents is 1. The first-order valence-corrected chi connectivity index (χ1v) is 8.15. The topological polar surface area (TPSA) is 63.4 Å². The molecule has 0 unspecified atom stereocenters. The van der Waals surface area contributed by atoms with E-state index in [1.54, 1.807) is 17.0 Å². The molecule has 0 spiro atoms. The molecule has 1 saturated carbocycles. The number of nitro groups is 1. The van der Waals surface area contributed by atoms with Crippen LogP contribution in [0, 0.1) is 10.1 Å². The predicted molar refractivity (Wildman–Crippen MR) is 90.1 cm³/mol. The molecule has 2 aromatic rings. The number of carbonyl (C=O) groups is 1. The number of nitrogens with zero attached hydrogens (tertiary/aromatic N) is 2. The van der Waals surface area contributed by atoms with Gasteiger partial charge in [-0.2, -0.15) is 0 Å². The predicted octanol–water partition coefficient (Wildman–Crippen LogP) is 4.16. The zero-order valence-corrected chi connectivity index (χ0v) is 13.9. The van der Waals surface area contributed by atoms with E-state index in [9.17, 15) is 14.9 Å². The van der Waals surface area contributed by atoms with Crippen LogP contribution >= 0.6 is 15.9 Å². The molecule has 23 heavy (non-hydrogen) atoms. The lowest BCUT2D eigenvalue weighted by atomic mass is 10.1. The normalized spacial score (nSPS) is 13.6. The van der Waals surface area contributed by atoms with Crippen LogP contribution in [0.5, 0.6) is 0 Å². The fraction of sp³-hybridized carbons (Fsp3) is 0.235. The van der Waals surface area contributed by atoms with E-state index in [1.807, 2.05) is 30.3 Å². The molecule has 1 aliphatic carbocycles. The number of hydrogen-bond donors (Lipinski definition) is 0. The molecule has 2 aromatic carbocycles. The van der Waals surface area contributed by atoms with Gasteiger partial charge in [0.2, 0.25) is 0 Å². The summed E-state index contributed by atoms with van der Waals surface area (Å²) in [5.74, 6) is -0.174. The average Bonchev–Trinajstić information content (AvgIpc) is 3.38. The summed E-state index contributed by atoms with van der Waals surface area (Å²) in [4.78, 5) is 25.3. The van der Waals surface area contributed by atoms with E-state index in [0.29, 0.717) is 12.1 Å². The van der Waals surface area contributed by atoms with Crippen molar-refractivity contribution in [2.75, 3.05) is 0 Å². The van der Waals surface area contributed by atoms with Gasteiger partial charge in [-0.1, -0.05) is 36.4 Å². The molecule has 5 nitrogen and oxygen atoms in total. The van der Waals surface area contributed by atoms with E-state index in [0.717, 1.165) is 18.4 Å². The lowest BCUT2D eigenvalue weighted by Crippen LogP contribution is -2.32. The Balaban J connectivity index is 1.90. The Kier molecular flexibility index (Phi) is 4.43. The summed E-state index contributed by atoms with van der Waals surface area (Å²) in [6, 6.07) is 14.5.